The van der Waals surface area contributed by atoms with Crippen molar-refractivity contribution in [1.82, 2.24) is 20.6 Å². The van der Waals surface area contributed by atoms with Gasteiger partial charge in [0.2, 0.25) is 11.9 Å². The first kappa shape index (κ1) is 27.1. The first-order valence-corrected chi connectivity index (χ1v) is 11.5. The van der Waals surface area contributed by atoms with Crippen molar-refractivity contribution in [2.75, 3.05) is 30.3 Å². The van der Waals surface area contributed by atoms with Crippen molar-refractivity contribution < 1.29 is 14.3 Å². The maximum Gasteiger partial charge on any atom is 0.407 e. The number of carbonyl (C=O) groups is 2. The minimum atomic E-state index is -0.580. The average molecular weight is 480 g/mol. The van der Waals surface area contributed by atoms with Crippen LogP contribution in [0.25, 0.3) is 6.08 Å². The Morgan fingerprint density at radius 1 is 1.14 bits per heavy atom. The molecule has 2 amide bonds. The highest BCUT2D eigenvalue weighted by molar-refractivity contribution is 5.77. The summed E-state index contributed by atoms with van der Waals surface area (Å²) in [5, 5.41) is 20.7. The van der Waals surface area contributed by atoms with E-state index in [1.54, 1.807) is 51.2 Å². The van der Waals surface area contributed by atoms with Crippen LogP contribution in [0.4, 0.5) is 22.2 Å². The molecular formula is C25H33N7O3. The molecule has 0 bridgehead atoms. The van der Waals surface area contributed by atoms with Crippen LogP contribution in [0.5, 0.6) is 0 Å². The lowest BCUT2D eigenvalue weighted by molar-refractivity contribution is -0.120. The molecule has 0 saturated heterocycles. The van der Waals surface area contributed by atoms with Gasteiger partial charge >= 0.3 is 6.09 Å². The van der Waals surface area contributed by atoms with Crippen molar-refractivity contribution in [3.8, 4) is 6.07 Å². The van der Waals surface area contributed by atoms with Gasteiger partial charge in [0.1, 0.15) is 11.4 Å². The quantitative estimate of drug-likeness (QED) is 0.379. The van der Waals surface area contributed by atoms with Crippen LogP contribution in [0.3, 0.4) is 0 Å². The summed E-state index contributed by atoms with van der Waals surface area (Å²) in [6.45, 7) is 8.65. The van der Waals surface area contributed by atoms with Gasteiger partial charge in [-0.15, -0.1) is 0 Å². The molecule has 10 heteroatoms. The van der Waals surface area contributed by atoms with Gasteiger partial charge in [-0.1, -0.05) is 19.1 Å². The number of nitrogens with one attached hydrogen (secondary N) is 4. The molecule has 4 N–H and O–H groups in total. The van der Waals surface area contributed by atoms with E-state index in [4.69, 9.17) is 10.00 Å². The molecule has 35 heavy (non-hydrogen) atoms. The molecule has 2 rings (SSSR count). The number of alkyl carbamates (subject to hydrolysis) is 1. The topological polar surface area (TPSA) is 141 Å². The van der Waals surface area contributed by atoms with Gasteiger partial charge in [-0.2, -0.15) is 10.2 Å². The highest BCUT2D eigenvalue weighted by Gasteiger charge is 2.15. The number of hydrogen-bond donors (Lipinski definition) is 4. The summed E-state index contributed by atoms with van der Waals surface area (Å²) in [4.78, 5) is 32.5. The second kappa shape index (κ2) is 13.5. The smallest absolute Gasteiger partial charge is 0.407 e. The monoisotopic (exact) mass is 479 g/mol. The third-order valence-corrected chi connectivity index (χ3v) is 4.36. The molecule has 0 fully saturated rings. The molecule has 0 saturated carbocycles. The standard InChI is InChI=1S/C25H33N7O3/c1-5-13-28-22-19(17-30-23(32-22)31-20-10-8-18(16-26)9-11-20)7-6-14-27-21(33)12-15-29-24(34)35-25(2,3)4/h6-11,17H,5,12-15H2,1-4H3,(H,27,33)(H,29,34)(H2,28,30,31,32). The second-order valence-electron chi connectivity index (χ2n) is 8.62. The van der Waals surface area contributed by atoms with Crippen LogP contribution in [0, 0.1) is 11.3 Å². The molecule has 0 aliphatic rings. The number of anilines is 3. The molecule has 1 heterocycles. The highest BCUT2D eigenvalue weighted by atomic mass is 16.6. The minimum absolute atomic E-state index is 0.148. The number of ether oxygens (including phenoxy) is 1. The lowest BCUT2D eigenvalue weighted by Gasteiger charge is -2.19. The molecule has 0 radical (unpaired) electrons. The molecule has 10 nitrogen and oxygen atoms in total. The Balaban J connectivity index is 1.88. The van der Waals surface area contributed by atoms with E-state index < -0.39 is 11.7 Å². The molecule has 0 unspecified atom stereocenters. The number of nitrogens with zero attached hydrogens (tertiary/aromatic N) is 3. The Morgan fingerprint density at radius 2 is 1.89 bits per heavy atom. The van der Waals surface area contributed by atoms with Crippen LogP contribution in [-0.4, -0.2) is 47.2 Å². The molecule has 0 spiro atoms. The zero-order chi connectivity index (χ0) is 25.7. The third-order valence-electron chi connectivity index (χ3n) is 4.36. The van der Waals surface area contributed by atoms with Crippen LogP contribution in [0.15, 0.2) is 36.5 Å². The van der Waals surface area contributed by atoms with E-state index >= 15 is 0 Å². The van der Waals surface area contributed by atoms with E-state index in [2.05, 4.69) is 44.2 Å². The number of carbonyl (C=O) groups excluding carboxylic acids is 2. The van der Waals surface area contributed by atoms with Crippen molar-refractivity contribution in [2.45, 2.75) is 46.1 Å². The van der Waals surface area contributed by atoms with Crippen molar-refractivity contribution in [3.05, 3.63) is 47.7 Å². The fourth-order valence-corrected chi connectivity index (χ4v) is 2.75. The Hall–Kier alpha value is -4.13. The number of amides is 2. The Labute approximate surface area is 206 Å². The predicted molar refractivity (Wildman–Crippen MR) is 136 cm³/mol. The largest absolute Gasteiger partial charge is 0.444 e. The number of hydrogen-bond acceptors (Lipinski definition) is 8. The van der Waals surface area contributed by atoms with Crippen molar-refractivity contribution in [1.29, 1.82) is 5.26 Å². The lowest BCUT2D eigenvalue weighted by Crippen LogP contribution is -2.35. The Morgan fingerprint density at radius 3 is 2.54 bits per heavy atom. The molecule has 0 aliphatic heterocycles. The SMILES string of the molecule is CCCNc1nc(Nc2ccc(C#N)cc2)ncc1C=CCNC(=O)CCNC(=O)OC(C)(C)C. The molecule has 1 aromatic carbocycles. The van der Waals surface area contributed by atoms with E-state index in [1.165, 1.54) is 0 Å². The summed E-state index contributed by atoms with van der Waals surface area (Å²) in [6.07, 6.45) is 5.87. The predicted octanol–water partition coefficient (Wildman–Crippen LogP) is 3.96. The minimum Gasteiger partial charge on any atom is -0.444 e. The van der Waals surface area contributed by atoms with Gasteiger partial charge in [0.25, 0.3) is 0 Å². The van der Waals surface area contributed by atoms with Gasteiger partial charge in [0.15, 0.2) is 0 Å². The van der Waals surface area contributed by atoms with Gasteiger partial charge in [-0.05, 0) is 51.5 Å². The normalized spacial score (nSPS) is 10.9. The fourth-order valence-electron chi connectivity index (χ4n) is 2.75. The summed E-state index contributed by atoms with van der Waals surface area (Å²) < 4.78 is 5.13. The van der Waals surface area contributed by atoms with Crippen LogP contribution in [0.1, 0.15) is 51.7 Å². The van der Waals surface area contributed by atoms with Crippen LogP contribution >= 0.6 is 0 Å². The Bertz CT molecular complexity index is 1050. The fraction of sp³-hybridized carbons (Fsp3) is 0.400. The summed E-state index contributed by atoms with van der Waals surface area (Å²) in [5.74, 6) is 0.909. The number of nitriles is 1. The van der Waals surface area contributed by atoms with Crippen LogP contribution < -0.4 is 21.3 Å². The van der Waals surface area contributed by atoms with Gasteiger partial charge < -0.3 is 26.0 Å². The Kier molecular flexibility index (Phi) is 10.5. The summed E-state index contributed by atoms with van der Waals surface area (Å²) >= 11 is 0. The highest BCUT2D eigenvalue weighted by Crippen LogP contribution is 2.19. The number of benzene rings is 1. The third kappa shape index (κ3) is 10.6. The van der Waals surface area contributed by atoms with Crippen molar-refractivity contribution in [2.24, 2.45) is 0 Å². The lowest BCUT2D eigenvalue weighted by atomic mass is 10.2. The zero-order valence-electron chi connectivity index (χ0n) is 20.6. The van der Waals surface area contributed by atoms with E-state index in [1.807, 2.05) is 12.2 Å². The molecule has 2 aromatic rings. The van der Waals surface area contributed by atoms with Gasteiger partial charge in [0, 0.05) is 43.5 Å². The zero-order valence-corrected chi connectivity index (χ0v) is 20.6. The van der Waals surface area contributed by atoms with E-state index in [-0.39, 0.29) is 18.9 Å². The first-order chi connectivity index (χ1) is 16.7. The first-order valence-electron chi connectivity index (χ1n) is 11.5. The maximum atomic E-state index is 12.0. The molecule has 186 valence electrons. The number of aromatic nitrogens is 2. The van der Waals surface area contributed by atoms with E-state index in [0.717, 1.165) is 24.2 Å². The second-order valence-corrected chi connectivity index (χ2v) is 8.62. The average Bonchev–Trinajstić information content (AvgIpc) is 2.80. The van der Waals surface area contributed by atoms with E-state index in [9.17, 15) is 9.59 Å². The van der Waals surface area contributed by atoms with Gasteiger partial charge in [-0.3, -0.25) is 4.79 Å². The van der Waals surface area contributed by atoms with Crippen LogP contribution in [0.2, 0.25) is 0 Å². The molecule has 0 atom stereocenters. The van der Waals surface area contributed by atoms with Crippen LogP contribution in [-0.2, 0) is 9.53 Å². The summed E-state index contributed by atoms with van der Waals surface area (Å²) in [6, 6.07) is 9.11. The van der Waals surface area contributed by atoms with Crippen molar-refractivity contribution >= 4 is 35.5 Å². The summed E-state index contributed by atoms with van der Waals surface area (Å²) in [5.41, 5.74) is 1.56. The number of rotatable bonds is 11. The van der Waals surface area contributed by atoms with E-state index in [0.29, 0.717) is 23.9 Å². The molecular weight excluding hydrogens is 446 g/mol. The van der Waals surface area contributed by atoms with Gasteiger partial charge in [0.05, 0.1) is 11.6 Å². The van der Waals surface area contributed by atoms with Gasteiger partial charge in [-0.25, -0.2) is 9.78 Å². The maximum absolute atomic E-state index is 12.0. The molecule has 0 aliphatic carbocycles. The summed E-state index contributed by atoms with van der Waals surface area (Å²) in [7, 11) is 0. The van der Waals surface area contributed by atoms with Crippen molar-refractivity contribution in [3.63, 3.8) is 0 Å². The molecule has 1 aromatic heterocycles.